The van der Waals surface area contributed by atoms with Crippen molar-refractivity contribution in [2.45, 2.75) is 25.8 Å². The third kappa shape index (κ3) is 4.05. The van der Waals surface area contributed by atoms with E-state index in [2.05, 4.69) is 4.90 Å². The average Bonchev–Trinajstić information content (AvgIpc) is 2.46. The molecule has 1 aromatic carbocycles. The fourth-order valence-corrected chi connectivity index (χ4v) is 2.79. The summed E-state index contributed by atoms with van der Waals surface area (Å²) in [5.41, 5.74) is 0.678. The van der Waals surface area contributed by atoms with E-state index in [9.17, 15) is 4.79 Å². The maximum absolute atomic E-state index is 12.4. The number of rotatable bonds is 5. The Morgan fingerprint density at radius 3 is 3.00 bits per heavy atom. The Balaban J connectivity index is 1.95. The number of ether oxygens (including phenoxy) is 1. The molecule has 0 saturated carbocycles. The molecule has 0 amide bonds. The lowest BCUT2D eigenvalue weighted by molar-refractivity contribution is 0.0364. The van der Waals surface area contributed by atoms with Gasteiger partial charge in [-0.1, -0.05) is 23.7 Å². The molecule has 0 radical (unpaired) electrons. The second-order valence-corrected chi connectivity index (χ2v) is 6.01. The number of benzene rings is 1. The predicted octanol–water partition coefficient (Wildman–Crippen LogP) is 3.27. The van der Waals surface area contributed by atoms with E-state index < -0.39 is 0 Å². The molecule has 2 unspecified atom stereocenters. The summed E-state index contributed by atoms with van der Waals surface area (Å²) >= 11 is 5.95. The molecule has 0 bridgehead atoms. The number of hydrogen-bond donors (Lipinski definition) is 0. The zero-order valence-corrected chi connectivity index (χ0v) is 12.9. The minimum atomic E-state index is -0.143. The minimum absolute atomic E-state index is 0.117. The van der Waals surface area contributed by atoms with Gasteiger partial charge in [-0.15, -0.1) is 0 Å². The summed E-state index contributed by atoms with van der Waals surface area (Å²) in [6.45, 7) is 4.53. The molecule has 1 fully saturated rings. The third-order valence-corrected chi connectivity index (χ3v) is 4.19. The van der Waals surface area contributed by atoms with Gasteiger partial charge in [-0.2, -0.15) is 0 Å². The molecule has 0 aromatic heterocycles. The monoisotopic (exact) mass is 295 g/mol. The largest absolute Gasteiger partial charge is 0.381 e. The van der Waals surface area contributed by atoms with E-state index in [4.69, 9.17) is 16.3 Å². The molecular weight excluding hydrogens is 274 g/mol. The van der Waals surface area contributed by atoms with Crippen LogP contribution in [0.3, 0.4) is 0 Å². The summed E-state index contributed by atoms with van der Waals surface area (Å²) in [6.07, 6.45) is 2.30. The SMILES string of the molecule is CC(C(=O)c1cccc(Cl)c1)N(C)CC1CCCOC1. The Labute approximate surface area is 125 Å². The number of hydrogen-bond acceptors (Lipinski definition) is 3. The number of halogens is 1. The van der Waals surface area contributed by atoms with E-state index in [0.29, 0.717) is 16.5 Å². The van der Waals surface area contributed by atoms with E-state index in [1.165, 1.54) is 6.42 Å². The van der Waals surface area contributed by atoms with Crippen LogP contribution in [0.15, 0.2) is 24.3 Å². The van der Waals surface area contributed by atoms with Gasteiger partial charge in [0.15, 0.2) is 5.78 Å². The van der Waals surface area contributed by atoms with E-state index >= 15 is 0 Å². The molecule has 4 heteroatoms. The highest BCUT2D eigenvalue weighted by atomic mass is 35.5. The molecule has 2 rings (SSSR count). The molecule has 110 valence electrons. The molecule has 1 aliphatic heterocycles. The Bertz CT molecular complexity index is 458. The Morgan fingerprint density at radius 1 is 1.55 bits per heavy atom. The quantitative estimate of drug-likeness (QED) is 0.781. The fraction of sp³-hybridized carbons (Fsp3) is 0.562. The van der Waals surface area contributed by atoms with E-state index in [1.807, 2.05) is 26.1 Å². The zero-order valence-electron chi connectivity index (χ0n) is 12.1. The summed E-state index contributed by atoms with van der Waals surface area (Å²) in [5.74, 6) is 0.648. The van der Waals surface area contributed by atoms with Gasteiger partial charge in [-0.25, -0.2) is 0 Å². The second kappa shape index (κ2) is 7.21. The molecule has 1 aromatic rings. The summed E-state index contributed by atoms with van der Waals surface area (Å²) < 4.78 is 5.49. The van der Waals surface area contributed by atoms with Crippen molar-refractivity contribution in [3.63, 3.8) is 0 Å². The maximum atomic E-state index is 12.4. The van der Waals surface area contributed by atoms with Crippen molar-refractivity contribution >= 4 is 17.4 Å². The number of carbonyl (C=O) groups is 1. The van der Waals surface area contributed by atoms with Crippen LogP contribution in [-0.2, 0) is 4.74 Å². The molecule has 0 spiro atoms. The van der Waals surface area contributed by atoms with Crippen molar-refractivity contribution in [3.8, 4) is 0 Å². The predicted molar refractivity (Wildman–Crippen MR) is 81.4 cm³/mol. The van der Waals surface area contributed by atoms with E-state index in [1.54, 1.807) is 12.1 Å². The first kappa shape index (κ1) is 15.5. The Kier molecular flexibility index (Phi) is 5.58. The van der Waals surface area contributed by atoms with Gasteiger partial charge in [0.2, 0.25) is 0 Å². The highest BCUT2D eigenvalue weighted by Gasteiger charge is 2.23. The Morgan fingerprint density at radius 2 is 2.35 bits per heavy atom. The molecule has 20 heavy (non-hydrogen) atoms. The van der Waals surface area contributed by atoms with Crippen molar-refractivity contribution < 1.29 is 9.53 Å². The highest BCUT2D eigenvalue weighted by Crippen LogP contribution is 2.18. The van der Waals surface area contributed by atoms with E-state index in [-0.39, 0.29) is 11.8 Å². The molecule has 1 heterocycles. The molecule has 0 aliphatic carbocycles. The van der Waals surface area contributed by atoms with Crippen LogP contribution in [0.25, 0.3) is 0 Å². The van der Waals surface area contributed by atoms with Crippen LogP contribution in [0.4, 0.5) is 0 Å². The smallest absolute Gasteiger partial charge is 0.179 e. The van der Waals surface area contributed by atoms with Crippen molar-refractivity contribution in [1.82, 2.24) is 4.90 Å². The highest BCUT2D eigenvalue weighted by molar-refractivity contribution is 6.31. The van der Waals surface area contributed by atoms with Gasteiger partial charge < -0.3 is 4.74 Å². The molecule has 1 aliphatic rings. The van der Waals surface area contributed by atoms with Crippen LogP contribution in [0, 0.1) is 5.92 Å². The Hall–Kier alpha value is -0.900. The summed E-state index contributed by atoms with van der Waals surface area (Å²) in [5, 5.41) is 0.603. The fourth-order valence-electron chi connectivity index (χ4n) is 2.60. The summed E-state index contributed by atoms with van der Waals surface area (Å²) in [6, 6.07) is 7.01. The van der Waals surface area contributed by atoms with Gasteiger partial charge in [0.25, 0.3) is 0 Å². The molecule has 0 N–H and O–H groups in total. The standard InChI is InChI=1S/C16H22ClNO2/c1-12(16(19)14-6-3-7-15(17)9-14)18(2)10-13-5-4-8-20-11-13/h3,6-7,9,12-13H,4-5,8,10-11H2,1-2H3. The number of nitrogens with zero attached hydrogens (tertiary/aromatic N) is 1. The van der Waals surface area contributed by atoms with Gasteiger partial charge in [-0.05, 0) is 44.9 Å². The van der Waals surface area contributed by atoms with Crippen LogP contribution < -0.4 is 0 Å². The maximum Gasteiger partial charge on any atom is 0.179 e. The van der Waals surface area contributed by atoms with E-state index in [0.717, 1.165) is 26.2 Å². The summed E-state index contributed by atoms with van der Waals surface area (Å²) in [4.78, 5) is 14.6. The molecule has 3 nitrogen and oxygen atoms in total. The number of likely N-dealkylation sites (N-methyl/N-ethyl adjacent to an activating group) is 1. The van der Waals surface area contributed by atoms with Gasteiger partial charge in [0.05, 0.1) is 12.6 Å². The van der Waals surface area contributed by atoms with Crippen molar-refractivity contribution in [3.05, 3.63) is 34.9 Å². The first-order valence-electron chi connectivity index (χ1n) is 7.15. The zero-order chi connectivity index (χ0) is 14.5. The third-order valence-electron chi connectivity index (χ3n) is 3.95. The number of ketones is 1. The normalized spacial score (nSPS) is 20.9. The van der Waals surface area contributed by atoms with Gasteiger partial charge in [0.1, 0.15) is 0 Å². The second-order valence-electron chi connectivity index (χ2n) is 5.57. The van der Waals surface area contributed by atoms with Crippen LogP contribution in [0.5, 0.6) is 0 Å². The van der Waals surface area contributed by atoms with Crippen molar-refractivity contribution in [2.24, 2.45) is 5.92 Å². The molecule has 2 atom stereocenters. The molecule has 1 saturated heterocycles. The van der Waals surface area contributed by atoms with Crippen molar-refractivity contribution in [2.75, 3.05) is 26.8 Å². The van der Waals surface area contributed by atoms with Crippen LogP contribution in [-0.4, -0.2) is 43.5 Å². The minimum Gasteiger partial charge on any atom is -0.381 e. The lowest BCUT2D eigenvalue weighted by Crippen LogP contribution is -2.40. The van der Waals surface area contributed by atoms with Gasteiger partial charge >= 0.3 is 0 Å². The first-order chi connectivity index (χ1) is 9.58. The average molecular weight is 296 g/mol. The molecular formula is C16H22ClNO2. The number of carbonyl (C=O) groups excluding carboxylic acids is 1. The van der Waals surface area contributed by atoms with Crippen LogP contribution in [0.2, 0.25) is 5.02 Å². The van der Waals surface area contributed by atoms with Gasteiger partial charge in [-0.3, -0.25) is 9.69 Å². The number of Topliss-reactive ketones (excluding diaryl/α,β-unsaturated/α-hetero) is 1. The lowest BCUT2D eigenvalue weighted by atomic mass is 9.99. The first-order valence-corrected chi connectivity index (χ1v) is 7.53. The summed E-state index contributed by atoms with van der Waals surface area (Å²) in [7, 11) is 2.00. The topological polar surface area (TPSA) is 29.5 Å². The van der Waals surface area contributed by atoms with Crippen LogP contribution in [0.1, 0.15) is 30.1 Å². The van der Waals surface area contributed by atoms with Crippen molar-refractivity contribution in [1.29, 1.82) is 0 Å². The lowest BCUT2D eigenvalue weighted by Gasteiger charge is -2.30. The van der Waals surface area contributed by atoms with Gasteiger partial charge in [0, 0.05) is 23.7 Å². The van der Waals surface area contributed by atoms with Crippen LogP contribution >= 0.6 is 11.6 Å².